The first kappa shape index (κ1) is 14.6. The van der Waals surface area contributed by atoms with Crippen LogP contribution in [0.1, 0.15) is 34.1 Å². The highest BCUT2D eigenvalue weighted by Gasteiger charge is 2.17. The molecule has 0 atom stereocenters. The molecule has 0 saturated carbocycles. The van der Waals surface area contributed by atoms with Crippen molar-refractivity contribution in [3.8, 4) is 0 Å². The van der Waals surface area contributed by atoms with Crippen LogP contribution in [0.4, 0.5) is 5.69 Å². The second kappa shape index (κ2) is 6.48. The molecule has 102 valence electrons. The molecule has 19 heavy (non-hydrogen) atoms. The first-order chi connectivity index (χ1) is 8.99. The maximum Gasteiger partial charge on any atom is 0.338 e. The third-order valence-electron chi connectivity index (χ3n) is 2.35. The van der Waals surface area contributed by atoms with Gasteiger partial charge in [-0.15, -0.1) is 0 Å². The standard InChI is InChI=1S/C12H14N2O5/c1-3-4-13-11(15)8-5-9(12(16)19-2)7-10(6-8)14(17)18/h5-7H,3-4H2,1-2H3,(H,13,15). The molecule has 1 rings (SSSR count). The van der Waals surface area contributed by atoms with E-state index in [4.69, 9.17) is 0 Å². The lowest BCUT2D eigenvalue weighted by Gasteiger charge is -2.05. The summed E-state index contributed by atoms with van der Waals surface area (Å²) in [5.41, 5.74) is -0.300. The number of non-ortho nitro benzene ring substituents is 1. The first-order valence-corrected chi connectivity index (χ1v) is 5.65. The zero-order valence-corrected chi connectivity index (χ0v) is 10.6. The molecule has 0 bridgehead atoms. The van der Waals surface area contributed by atoms with Crippen LogP contribution in [0.15, 0.2) is 18.2 Å². The molecule has 1 aromatic carbocycles. The minimum Gasteiger partial charge on any atom is -0.465 e. The number of nitro benzene ring substituents is 1. The van der Waals surface area contributed by atoms with Crippen molar-refractivity contribution < 1.29 is 19.2 Å². The van der Waals surface area contributed by atoms with Gasteiger partial charge in [-0.3, -0.25) is 14.9 Å². The van der Waals surface area contributed by atoms with Gasteiger partial charge >= 0.3 is 5.97 Å². The maximum absolute atomic E-state index is 11.8. The highest BCUT2D eigenvalue weighted by molar-refractivity contribution is 5.98. The molecular weight excluding hydrogens is 252 g/mol. The van der Waals surface area contributed by atoms with E-state index in [9.17, 15) is 19.7 Å². The molecule has 1 N–H and O–H groups in total. The number of carbonyl (C=O) groups is 2. The third kappa shape index (κ3) is 3.77. The van der Waals surface area contributed by atoms with E-state index in [-0.39, 0.29) is 16.8 Å². The van der Waals surface area contributed by atoms with Gasteiger partial charge in [-0.1, -0.05) is 6.92 Å². The molecule has 0 aromatic heterocycles. The molecule has 0 spiro atoms. The van der Waals surface area contributed by atoms with E-state index in [0.717, 1.165) is 25.7 Å². The second-order valence-corrected chi connectivity index (χ2v) is 3.77. The largest absolute Gasteiger partial charge is 0.465 e. The average molecular weight is 266 g/mol. The quantitative estimate of drug-likeness (QED) is 0.495. The Labute approximate surface area is 109 Å². The number of nitrogens with one attached hydrogen (secondary N) is 1. The van der Waals surface area contributed by atoms with Gasteiger partial charge in [-0.25, -0.2) is 4.79 Å². The number of hydrogen-bond donors (Lipinski definition) is 1. The number of carbonyl (C=O) groups excluding carboxylic acids is 2. The predicted octanol–water partition coefficient (Wildman–Crippen LogP) is 1.52. The van der Waals surface area contributed by atoms with Gasteiger partial charge < -0.3 is 10.1 Å². The summed E-state index contributed by atoms with van der Waals surface area (Å²) < 4.78 is 4.49. The van der Waals surface area contributed by atoms with Crippen LogP contribution in [0, 0.1) is 10.1 Å². The zero-order valence-electron chi connectivity index (χ0n) is 10.6. The molecule has 7 heteroatoms. The van der Waals surface area contributed by atoms with Crippen LogP contribution in [0.2, 0.25) is 0 Å². The van der Waals surface area contributed by atoms with Crippen LogP contribution < -0.4 is 5.32 Å². The van der Waals surface area contributed by atoms with Gasteiger partial charge in [0.15, 0.2) is 0 Å². The summed E-state index contributed by atoms with van der Waals surface area (Å²) in [4.78, 5) is 33.3. The summed E-state index contributed by atoms with van der Waals surface area (Å²) in [6.07, 6.45) is 0.741. The molecule has 0 fully saturated rings. The summed E-state index contributed by atoms with van der Waals surface area (Å²) in [5.74, 6) is -1.19. The smallest absolute Gasteiger partial charge is 0.338 e. The third-order valence-corrected chi connectivity index (χ3v) is 2.35. The number of ether oxygens (including phenoxy) is 1. The molecule has 1 aromatic rings. The van der Waals surface area contributed by atoms with Crippen molar-refractivity contribution in [3.63, 3.8) is 0 Å². The van der Waals surface area contributed by atoms with Crippen LogP contribution in [0.3, 0.4) is 0 Å². The number of nitro groups is 1. The summed E-state index contributed by atoms with van der Waals surface area (Å²) in [6, 6.07) is 3.46. The molecule has 0 unspecified atom stereocenters. The number of benzene rings is 1. The summed E-state index contributed by atoms with van der Waals surface area (Å²) >= 11 is 0. The van der Waals surface area contributed by atoms with Crippen LogP contribution in [0.25, 0.3) is 0 Å². The Bertz CT molecular complexity index is 513. The van der Waals surface area contributed by atoms with Crippen LogP contribution in [-0.2, 0) is 4.74 Å². The van der Waals surface area contributed by atoms with E-state index >= 15 is 0 Å². The monoisotopic (exact) mass is 266 g/mol. The van der Waals surface area contributed by atoms with E-state index in [1.807, 2.05) is 6.92 Å². The van der Waals surface area contributed by atoms with Gasteiger partial charge in [0.05, 0.1) is 17.6 Å². The SMILES string of the molecule is CCCNC(=O)c1cc(C(=O)OC)cc([N+](=O)[O-])c1. The Balaban J connectivity index is 3.16. The van der Waals surface area contributed by atoms with E-state index in [1.165, 1.54) is 6.07 Å². The van der Waals surface area contributed by atoms with Crippen molar-refractivity contribution in [2.45, 2.75) is 13.3 Å². The molecular formula is C12H14N2O5. The number of rotatable bonds is 5. The molecule has 0 aliphatic rings. The highest BCUT2D eigenvalue weighted by Crippen LogP contribution is 2.18. The lowest BCUT2D eigenvalue weighted by atomic mass is 10.1. The van der Waals surface area contributed by atoms with E-state index in [0.29, 0.717) is 6.54 Å². The van der Waals surface area contributed by atoms with E-state index in [1.54, 1.807) is 0 Å². The lowest BCUT2D eigenvalue weighted by molar-refractivity contribution is -0.384. The summed E-state index contributed by atoms with van der Waals surface area (Å²) in [6.45, 7) is 2.34. The van der Waals surface area contributed by atoms with Crippen LogP contribution in [0.5, 0.6) is 0 Å². The van der Waals surface area contributed by atoms with Crippen molar-refractivity contribution in [2.75, 3.05) is 13.7 Å². The van der Waals surface area contributed by atoms with Gasteiger partial charge in [0.1, 0.15) is 0 Å². The number of amides is 1. The minimum absolute atomic E-state index is 0.0293. The van der Waals surface area contributed by atoms with Crippen LogP contribution in [-0.4, -0.2) is 30.5 Å². The molecule has 7 nitrogen and oxygen atoms in total. The summed E-state index contributed by atoms with van der Waals surface area (Å²) in [7, 11) is 1.16. The predicted molar refractivity (Wildman–Crippen MR) is 67.1 cm³/mol. The summed E-state index contributed by atoms with van der Waals surface area (Å²) in [5, 5.41) is 13.4. The Kier molecular flexibility index (Phi) is 4.99. The molecule has 0 saturated heterocycles. The van der Waals surface area contributed by atoms with Gasteiger partial charge in [0, 0.05) is 24.2 Å². The normalized spacial score (nSPS) is 9.79. The van der Waals surface area contributed by atoms with Gasteiger partial charge in [-0.05, 0) is 12.5 Å². The Morgan fingerprint density at radius 1 is 1.32 bits per heavy atom. The number of esters is 1. The van der Waals surface area contributed by atoms with Gasteiger partial charge in [0.2, 0.25) is 0 Å². The van der Waals surface area contributed by atoms with Crippen molar-refractivity contribution in [1.82, 2.24) is 5.32 Å². The Morgan fingerprint density at radius 3 is 2.47 bits per heavy atom. The molecule has 0 radical (unpaired) electrons. The zero-order chi connectivity index (χ0) is 14.4. The second-order valence-electron chi connectivity index (χ2n) is 3.77. The number of hydrogen-bond acceptors (Lipinski definition) is 5. The number of methoxy groups -OCH3 is 1. The Morgan fingerprint density at radius 2 is 1.95 bits per heavy atom. The fraction of sp³-hybridized carbons (Fsp3) is 0.333. The van der Waals surface area contributed by atoms with E-state index < -0.39 is 16.8 Å². The molecule has 0 aliphatic heterocycles. The van der Waals surface area contributed by atoms with Crippen molar-refractivity contribution in [2.24, 2.45) is 0 Å². The first-order valence-electron chi connectivity index (χ1n) is 5.65. The molecule has 1 amide bonds. The van der Waals surface area contributed by atoms with Gasteiger partial charge in [0.25, 0.3) is 11.6 Å². The van der Waals surface area contributed by atoms with Crippen LogP contribution >= 0.6 is 0 Å². The van der Waals surface area contributed by atoms with Crippen molar-refractivity contribution >= 4 is 17.6 Å². The number of nitrogens with zero attached hydrogens (tertiary/aromatic N) is 1. The average Bonchev–Trinajstić information content (AvgIpc) is 2.43. The maximum atomic E-state index is 11.8. The Hall–Kier alpha value is -2.44. The fourth-order valence-electron chi connectivity index (χ4n) is 1.42. The van der Waals surface area contributed by atoms with E-state index in [2.05, 4.69) is 10.1 Å². The van der Waals surface area contributed by atoms with Crippen molar-refractivity contribution in [3.05, 3.63) is 39.4 Å². The lowest BCUT2D eigenvalue weighted by Crippen LogP contribution is -2.24. The van der Waals surface area contributed by atoms with Gasteiger partial charge in [-0.2, -0.15) is 0 Å². The highest BCUT2D eigenvalue weighted by atomic mass is 16.6. The topological polar surface area (TPSA) is 98.5 Å². The fourth-order valence-corrected chi connectivity index (χ4v) is 1.42. The van der Waals surface area contributed by atoms with Crippen molar-refractivity contribution in [1.29, 1.82) is 0 Å². The molecule has 0 aliphatic carbocycles. The minimum atomic E-state index is -0.728. The molecule has 0 heterocycles.